The Kier molecular flexibility index (Phi) is 17.4. The normalized spacial score (nSPS) is 29.3. The van der Waals surface area contributed by atoms with Gasteiger partial charge in [0.1, 0.15) is 18.3 Å². The van der Waals surface area contributed by atoms with Gasteiger partial charge in [0.15, 0.2) is 0 Å². The van der Waals surface area contributed by atoms with Gasteiger partial charge in [-0.2, -0.15) is 0 Å². The lowest BCUT2D eigenvalue weighted by Gasteiger charge is -2.42. The highest BCUT2D eigenvalue weighted by atomic mass is 16.6. The van der Waals surface area contributed by atoms with Crippen molar-refractivity contribution in [2.75, 3.05) is 60.9 Å². The number of ether oxygens (including phenoxy) is 4. The van der Waals surface area contributed by atoms with Crippen LogP contribution < -0.4 is 0 Å². The first-order valence-corrected chi connectivity index (χ1v) is 10.4. The fourth-order valence-corrected chi connectivity index (χ4v) is 3.53. The summed E-state index contributed by atoms with van der Waals surface area (Å²) in [5, 5.41) is 56.2. The number of nitrogens with zero attached hydrogens (tertiary/aromatic N) is 1. The third kappa shape index (κ3) is 9.74. The Hall–Kier alpha value is -0.730. The summed E-state index contributed by atoms with van der Waals surface area (Å²) in [6.07, 6.45) is -2.65. The molecular weight excluding hydrogens is 414 g/mol. The van der Waals surface area contributed by atoms with Crippen LogP contribution in [0, 0.1) is 11.8 Å². The Morgan fingerprint density at radius 2 is 1.71 bits per heavy atom. The van der Waals surface area contributed by atoms with Crippen LogP contribution in [0.3, 0.4) is 0 Å². The van der Waals surface area contributed by atoms with Crippen molar-refractivity contribution in [3.8, 4) is 0 Å². The van der Waals surface area contributed by atoms with E-state index in [9.17, 15) is 25.5 Å². The van der Waals surface area contributed by atoms with E-state index in [1.807, 2.05) is 6.92 Å². The SMILES string of the molecule is CC[C@@H]1C(CO)O[C@H](COC[C@@H](C=NC)C(CO)O[C@@H](CO)COC)C(O)[C@H]1O.CO. The lowest BCUT2D eigenvalue weighted by atomic mass is 9.85. The zero-order valence-electron chi connectivity index (χ0n) is 18.9. The molecule has 1 saturated heterocycles. The molecule has 11 heteroatoms. The highest BCUT2D eigenvalue weighted by molar-refractivity contribution is 5.61. The molecule has 0 aromatic carbocycles. The molecule has 0 aromatic heterocycles. The van der Waals surface area contributed by atoms with Crippen molar-refractivity contribution in [1.29, 1.82) is 0 Å². The highest BCUT2D eigenvalue weighted by Gasteiger charge is 2.43. The number of rotatable bonds is 14. The van der Waals surface area contributed by atoms with Crippen LogP contribution in [0.25, 0.3) is 0 Å². The predicted molar refractivity (Wildman–Crippen MR) is 113 cm³/mol. The van der Waals surface area contributed by atoms with Crippen LogP contribution in [-0.4, -0.2) is 134 Å². The van der Waals surface area contributed by atoms with Gasteiger partial charge in [0.2, 0.25) is 0 Å². The van der Waals surface area contributed by atoms with E-state index in [-0.39, 0.29) is 45.6 Å². The summed E-state index contributed by atoms with van der Waals surface area (Å²) >= 11 is 0. The zero-order chi connectivity index (χ0) is 23.8. The minimum Gasteiger partial charge on any atom is -0.400 e. The van der Waals surface area contributed by atoms with Gasteiger partial charge >= 0.3 is 0 Å². The van der Waals surface area contributed by atoms with Crippen LogP contribution in [0.15, 0.2) is 4.99 Å². The summed E-state index contributed by atoms with van der Waals surface area (Å²) in [6.45, 7) is 1.29. The molecule has 1 heterocycles. The monoisotopic (exact) mass is 455 g/mol. The van der Waals surface area contributed by atoms with Gasteiger partial charge < -0.3 is 54.6 Å². The molecule has 31 heavy (non-hydrogen) atoms. The summed E-state index contributed by atoms with van der Waals surface area (Å²) in [6, 6.07) is 0. The van der Waals surface area contributed by atoms with Crippen molar-refractivity contribution < 1.29 is 49.6 Å². The van der Waals surface area contributed by atoms with E-state index in [4.69, 9.17) is 24.1 Å². The second-order valence-electron chi connectivity index (χ2n) is 7.17. The maximum absolute atomic E-state index is 10.3. The molecule has 0 aliphatic carbocycles. The standard InChI is InChI=1S/C19H37NO9.CH4O/c1-4-14-16(8-23)29-17(19(25)18(14)24)11-27-9-12(5-20-2)15(7-22)28-13(6-21)10-26-3;1-2/h5,12-19,21-25H,4,6-11H2,1-3H3;2H,1H3/t12-,13+,14-,15?,16?,17-,18+,19?;/m1./s1. The molecule has 1 aliphatic rings. The number of hydrogen-bond acceptors (Lipinski definition) is 11. The van der Waals surface area contributed by atoms with Gasteiger partial charge in [-0.15, -0.1) is 0 Å². The van der Waals surface area contributed by atoms with Crippen LogP contribution in [0.2, 0.25) is 0 Å². The van der Waals surface area contributed by atoms with E-state index < -0.39 is 42.5 Å². The fraction of sp³-hybridized carbons (Fsp3) is 0.950. The van der Waals surface area contributed by atoms with E-state index in [0.29, 0.717) is 6.42 Å². The summed E-state index contributed by atoms with van der Waals surface area (Å²) in [5.74, 6) is -0.770. The van der Waals surface area contributed by atoms with Crippen molar-refractivity contribution in [2.45, 2.75) is 50.0 Å². The molecule has 0 radical (unpaired) electrons. The summed E-state index contributed by atoms with van der Waals surface area (Å²) in [4.78, 5) is 3.98. The van der Waals surface area contributed by atoms with Gasteiger partial charge in [-0.25, -0.2) is 0 Å². The van der Waals surface area contributed by atoms with Crippen LogP contribution >= 0.6 is 0 Å². The molecule has 8 atom stereocenters. The third-order valence-electron chi connectivity index (χ3n) is 5.16. The minimum atomic E-state index is -1.13. The lowest BCUT2D eigenvalue weighted by molar-refractivity contribution is -0.222. The molecule has 1 rings (SSSR count). The molecule has 1 aliphatic heterocycles. The Morgan fingerprint density at radius 1 is 1.03 bits per heavy atom. The van der Waals surface area contributed by atoms with Crippen molar-refractivity contribution in [3.63, 3.8) is 0 Å². The first-order valence-electron chi connectivity index (χ1n) is 10.4. The molecule has 0 bridgehead atoms. The largest absolute Gasteiger partial charge is 0.400 e. The van der Waals surface area contributed by atoms with E-state index in [0.717, 1.165) is 7.11 Å². The van der Waals surface area contributed by atoms with Gasteiger partial charge in [0, 0.05) is 39.3 Å². The predicted octanol–water partition coefficient (Wildman–Crippen LogP) is -2.18. The summed E-state index contributed by atoms with van der Waals surface area (Å²) < 4.78 is 22.1. The van der Waals surface area contributed by atoms with Crippen LogP contribution in [0.1, 0.15) is 13.3 Å². The topological polar surface area (TPSA) is 171 Å². The minimum absolute atomic E-state index is 0.0150. The average molecular weight is 456 g/mol. The first kappa shape index (κ1) is 30.3. The second-order valence-corrected chi connectivity index (χ2v) is 7.17. The van der Waals surface area contributed by atoms with E-state index >= 15 is 0 Å². The van der Waals surface area contributed by atoms with Crippen molar-refractivity contribution in [1.82, 2.24) is 0 Å². The Bertz CT molecular complexity index is 454. The maximum Gasteiger partial charge on any atom is 0.110 e. The Balaban J connectivity index is 0.00000436. The van der Waals surface area contributed by atoms with Gasteiger partial charge in [-0.05, 0) is 6.42 Å². The van der Waals surface area contributed by atoms with E-state index in [2.05, 4.69) is 4.99 Å². The first-order chi connectivity index (χ1) is 15.0. The second kappa shape index (κ2) is 17.8. The Morgan fingerprint density at radius 3 is 2.19 bits per heavy atom. The number of aliphatic hydroxyl groups excluding tert-OH is 6. The quantitative estimate of drug-likeness (QED) is 0.158. The zero-order valence-corrected chi connectivity index (χ0v) is 18.9. The molecule has 3 unspecified atom stereocenters. The highest BCUT2D eigenvalue weighted by Crippen LogP contribution is 2.28. The van der Waals surface area contributed by atoms with Crippen LogP contribution in [-0.2, 0) is 18.9 Å². The van der Waals surface area contributed by atoms with Gasteiger partial charge in [0.05, 0.1) is 58.0 Å². The average Bonchev–Trinajstić information content (AvgIpc) is 2.80. The molecule has 0 spiro atoms. The van der Waals surface area contributed by atoms with Crippen molar-refractivity contribution in [2.24, 2.45) is 16.8 Å². The number of hydrogen-bond donors (Lipinski definition) is 6. The van der Waals surface area contributed by atoms with Crippen LogP contribution in [0.4, 0.5) is 0 Å². The van der Waals surface area contributed by atoms with E-state index in [1.165, 1.54) is 7.11 Å². The third-order valence-corrected chi connectivity index (χ3v) is 5.16. The van der Waals surface area contributed by atoms with Crippen LogP contribution in [0.5, 0.6) is 0 Å². The Labute approximate surface area is 184 Å². The number of methoxy groups -OCH3 is 1. The summed E-state index contributed by atoms with van der Waals surface area (Å²) in [7, 11) is 4.07. The molecule has 1 fully saturated rings. The fourth-order valence-electron chi connectivity index (χ4n) is 3.53. The van der Waals surface area contributed by atoms with Gasteiger partial charge in [-0.1, -0.05) is 6.92 Å². The molecule has 186 valence electrons. The smallest absolute Gasteiger partial charge is 0.110 e. The molecule has 6 N–H and O–H groups in total. The molecule has 0 saturated carbocycles. The maximum atomic E-state index is 10.3. The summed E-state index contributed by atoms with van der Waals surface area (Å²) in [5.41, 5.74) is 0. The van der Waals surface area contributed by atoms with Crippen molar-refractivity contribution in [3.05, 3.63) is 0 Å². The number of aliphatic hydroxyl groups is 6. The van der Waals surface area contributed by atoms with Gasteiger partial charge in [-0.3, -0.25) is 0 Å². The van der Waals surface area contributed by atoms with E-state index in [1.54, 1.807) is 13.3 Å². The van der Waals surface area contributed by atoms with Gasteiger partial charge in [0.25, 0.3) is 0 Å². The lowest BCUT2D eigenvalue weighted by Crippen LogP contribution is -2.56. The molecular formula is C20H41NO10. The number of aliphatic imine (C=N–C) groups is 1. The molecule has 0 amide bonds. The molecule has 0 aromatic rings. The molecule has 11 nitrogen and oxygen atoms in total. The van der Waals surface area contributed by atoms with Crippen molar-refractivity contribution >= 4 is 6.21 Å².